The van der Waals surface area contributed by atoms with Crippen molar-refractivity contribution in [1.29, 1.82) is 0 Å². The maximum atomic E-state index is 11.5. The second-order valence-electron chi connectivity index (χ2n) is 5.60. The van der Waals surface area contributed by atoms with Crippen molar-refractivity contribution in [3.8, 4) is 0 Å². The first-order valence-electron chi connectivity index (χ1n) is 6.92. The third-order valence-corrected chi connectivity index (χ3v) is 4.16. The van der Waals surface area contributed by atoms with Gasteiger partial charge < -0.3 is 5.11 Å². The number of carboxylic acids is 1. The fraction of sp³-hybridized carbons (Fsp3) is 0.600. The Morgan fingerprint density at radius 3 is 3.00 bits per heavy atom. The fourth-order valence-electron chi connectivity index (χ4n) is 2.96. The standard InChI is InChI=1S/C15H22N2O2/c1-3-5-15(14(18)19)6-8-17(11-15)10-13-9-16-7-4-12(13)2/h4,7,9H,3,5-6,8,10-11H2,1-2H3,(H,18,19). The van der Waals surface area contributed by atoms with Crippen molar-refractivity contribution < 1.29 is 9.90 Å². The molecule has 1 aliphatic rings. The van der Waals surface area contributed by atoms with Crippen LogP contribution in [0.5, 0.6) is 0 Å². The molecular weight excluding hydrogens is 240 g/mol. The molecule has 1 saturated heterocycles. The number of pyridine rings is 1. The van der Waals surface area contributed by atoms with Crippen LogP contribution in [0.4, 0.5) is 0 Å². The molecule has 1 N–H and O–H groups in total. The minimum atomic E-state index is -0.639. The Labute approximate surface area is 114 Å². The number of hydrogen-bond donors (Lipinski definition) is 1. The first-order chi connectivity index (χ1) is 9.07. The summed E-state index contributed by atoms with van der Waals surface area (Å²) in [6, 6.07) is 2.00. The zero-order chi connectivity index (χ0) is 13.9. The predicted molar refractivity (Wildman–Crippen MR) is 73.8 cm³/mol. The molecule has 4 nitrogen and oxygen atoms in total. The SMILES string of the molecule is CCCC1(C(=O)O)CCN(Cc2cnccc2C)C1. The lowest BCUT2D eigenvalue weighted by Crippen LogP contribution is -2.34. The third kappa shape index (κ3) is 2.95. The lowest BCUT2D eigenvalue weighted by atomic mass is 9.83. The van der Waals surface area contributed by atoms with Crippen molar-refractivity contribution in [2.24, 2.45) is 5.41 Å². The van der Waals surface area contributed by atoms with E-state index in [1.807, 2.05) is 12.3 Å². The normalized spacial score (nSPS) is 23.7. The van der Waals surface area contributed by atoms with Crippen molar-refractivity contribution >= 4 is 5.97 Å². The van der Waals surface area contributed by atoms with Gasteiger partial charge in [0.25, 0.3) is 0 Å². The summed E-state index contributed by atoms with van der Waals surface area (Å²) in [5.41, 5.74) is 1.88. The Hall–Kier alpha value is -1.42. The number of nitrogens with zero attached hydrogens (tertiary/aromatic N) is 2. The van der Waals surface area contributed by atoms with E-state index in [0.717, 1.165) is 32.4 Å². The highest BCUT2D eigenvalue weighted by Gasteiger charge is 2.43. The Kier molecular flexibility index (Phi) is 4.20. The summed E-state index contributed by atoms with van der Waals surface area (Å²) < 4.78 is 0. The number of aryl methyl sites for hydroxylation is 1. The molecule has 19 heavy (non-hydrogen) atoms. The van der Waals surface area contributed by atoms with Crippen LogP contribution in [0.15, 0.2) is 18.5 Å². The van der Waals surface area contributed by atoms with Gasteiger partial charge in [-0.25, -0.2) is 0 Å². The monoisotopic (exact) mass is 262 g/mol. The molecule has 0 aliphatic carbocycles. The average molecular weight is 262 g/mol. The van der Waals surface area contributed by atoms with Crippen LogP contribution >= 0.6 is 0 Å². The van der Waals surface area contributed by atoms with Crippen molar-refractivity contribution in [3.05, 3.63) is 29.6 Å². The predicted octanol–water partition coefficient (Wildman–Crippen LogP) is 2.47. The summed E-state index contributed by atoms with van der Waals surface area (Å²) in [6.45, 7) is 6.45. The van der Waals surface area contributed by atoms with Crippen molar-refractivity contribution in [2.75, 3.05) is 13.1 Å². The number of aromatic nitrogens is 1. The molecule has 1 unspecified atom stereocenters. The van der Waals surface area contributed by atoms with Gasteiger partial charge in [-0.1, -0.05) is 13.3 Å². The smallest absolute Gasteiger partial charge is 0.310 e. The summed E-state index contributed by atoms with van der Waals surface area (Å²) in [6.07, 6.45) is 6.13. The molecule has 4 heteroatoms. The highest BCUT2D eigenvalue weighted by Crippen LogP contribution is 2.36. The maximum Gasteiger partial charge on any atom is 0.310 e. The van der Waals surface area contributed by atoms with Crippen LogP contribution in [-0.4, -0.2) is 34.0 Å². The van der Waals surface area contributed by atoms with E-state index in [1.54, 1.807) is 6.20 Å². The van der Waals surface area contributed by atoms with Crippen LogP contribution in [-0.2, 0) is 11.3 Å². The first-order valence-corrected chi connectivity index (χ1v) is 6.92. The van der Waals surface area contributed by atoms with Gasteiger partial charge in [0, 0.05) is 25.5 Å². The number of carbonyl (C=O) groups is 1. The third-order valence-electron chi connectivity index (χ3n) is 4.16. The Morgan fingerprint density at radius 1 is 1.58 bits per heavy atom. The van der Waals surface area contributed by atoms with Crippen LogP contribution in [0.3, 0.4) is 0 Å². The van der Waals surface area contributed by atoms with E-state index in [0.29, 0.717) is 6.54 Å². The average Bonchev–Trinajstić information content (AvgIpc) is 2.77. The first kappa shape index (κ1) is 14.0. The maximum absolute atomic E-state index is 11.5. The lowest BCUT2D eigenvalue weighted by molar-refractivity contribution is -0.148. The summed E-state index contributed by atoms with van der Waals surface area (Å²) in [7, 11) is 0. The molecule has 1 aliphatic heterocycles. The number of carboxylic acid groups (broad SMARTS) is 1. The molecule has 1 atom stereocenters. The highest BCUT2D eigenvalue weighted by molar-refractivity contribution is 5.75. The molecule has 0 amide bonds. The van der Waals surface area contributed by atoms with Crippen LogP contribution < -0.4 is 0 Å². The van der Waals surface area contributed by atoms with Crippen LogP contribution in [0, 0.1) is 12.3 Å². The quantitative estimate of drug-likeness (QED) is 0.885. The number of hydrogen-bond acceptors (Lipinski definition) is 3. The second-order valence-corrected chi connectivity index (χ2v) is 5.60. The van der Waals surface area contributed by atoms with Crippen molar-refractivity contribution in [1.82, 2.24) is 9.88 Å². The van der Waals surface area contributed by atoms with E-state index < -0.39 is 11.4 Å². The lowest BCUT2D eigenvalue weighted by Gasteiger charge is -2.24. The summed E-state index contributed by atoms with van der Waals surface area (Å²) in [5, 5.41) is 9.49. The molecular formula is C15H22N2O2. The second kappa shape index (κ2) is 5.70. The van der Waals surface area contributed by atoms with E-state index in [1.165, 1.54) is 11.1 Å². The molecule has 1 aromatic rings. The van der Waals surface area contributed by atoms with E-state index in [-0.39, 0.29) is 0 Å². The molecule has 2 heterocycles. The Morgan fingerprint density at radius 2 is 2.37 bits per heavy atom. The number of likely N-dealkylation sites (tertiary alicyclic amines) is 1. The van der Waals surface area contributed by atoms with Gasteiger partial charge in [0.1, 0.15) is 0 Å². The zero-order valence-electron chi connectivity index (χ0n) is 11.7. The minimum Gasteiger partial charge on any atom is -0.481 e. The van der Waals surface area contributed by atoms with Gasteiger partial charge in [-0.2, -0.15) is 0 Å². The van der Waals surface area contributed by atoms with Gasteiger partial charge >= 0.3 is 5.97 Å². The van der Waals surface area contributed by atoms with E-state index in [2.05, 4.69) is 23.7 Å². The van der Waals surface area contributed by atoms with Gasteiger partial charge in [-0.05, 0) is 43.5 Å². The molecule has 0 radical (unpaired) electrons. The number of rotatable bonds is 5. The zero-order valence-corrected chi connectivity index (χ0v) is 11.7. The van der Waals surface area contributed by atoms with E-state index in [4.69, 9.17) is 0 Å². The molecule has 0 aromatic carbocycles. The molecule has 104 valence electrons. The largest absolute Gasteiger partial charge is 0.481 e. The van der Waals surface area contributed by atoms with Gasteiger partial charge in [0.05, 0.1) is 5.41 Å². The highest BCUT2D eigenvalue weighted by atomic mass is 16.4. The molecule has 2 rings (SSSR count). The number of aliphatic carboxylic acids is 1. The summed E-state index contributed by atoms with van der Waals surface area (Å²) in [5.74, 6) is -0.639. The molecule has 0 spiro atoms. The Bertz CT molecular complexity index is 461. The van der Waals surface area contributed by atoms with Crippen molar-refractivity contribution in [3.63, 3.8) is 0 Å². The van der Waals surface area contributed by atoms with Gasteiger partial charge in [-0.15, -0.1) is 0 Å². The van der Waals surface area contributed by atoms with Crippen LogP contribution in [0.2, 0.25) is 0 Å². The summed E-state index contributed by atoms with van der Waals surface area (Å²) >= 11 is 0. The fourth-order valence-corrected chi connectivity index (χ4v) is 2.96. The van der Waals surface area contributed by atoms with Gasteiger partial charge in [-0.3, -0.25) is 14.7 Å². The van der Waals surface area contributed by atoms with Gasteiger partial charge in [0.2, 0.25) is 0 Å². The minimum absolute atomic E-state index is 0.537. The molecule has 1 fully saturated rings. The molecule has 0 bridgehead atoms. The topological polar surface area (TPSA) is 53.4 Å². The Balaban J connectivity index is 2.06. The van der Waals surface area contributed by atoms with E-state index in [9.17, 15) is 9.90 Å². The molecule has 1 aromatic heterocycles. The summed E-state index contributed by atoms with van der Waals surface area (Å²) in [4.78, 5) is 17.9. The van der Waals surface area contributed by atoms with Crippen LogP contribution in [0.1, 0.15) is 37.3 Å². The van der Waals surface area contributed by atoms with Gasteiger partial charge in [0.15, 0.2) is 0 Å². The molecule has 0 saturated carbocycles. The van der Waals surface area contributed by atoms with E-state index >= 15 is 0 Å². The van der Waals surface area contributed by atoms with Crippen molar-refractivity contribution in [2.45, 2.75) is 39.7 Å². The van der Waals surface area contributed by atoms with Crippen LogP contribution in [0.25, 0.3) is 0 Å².